The molecule has 160 valence electrons. The predicted molar refractivity (Wildman–Crippen MR) is 122 cm³/mol. The number of carbonyl (C=O) groups excluding carboxylic acids is 1. The molecule has 1 aliphatic carbocycles. The van der Waals surface area contributed by atoms with Crippen molar-refractivity contribution in [1.29, 1.82) is 0 Å². The summed E-state index contributed by atoms with van der Waals surface area (Å²) in [5, 5.41) is 7.36. The summed E-state index contributed by atoms with van der Waals surface area (Å²) in [6.45, 7) is 3.53. The zero-order valence-corrected chi connectivity index (χ0v) is 18.0. The van der Waals surface area contributed by atoms with Gasteiger partial charge in [-0.05, 0) is 66.1 Å². The molecule has 1 aliphatic heterocycles. The van der Waals surface area contributed by atoms with Gasteiger partial charge < -0.3 is 5.32 Å². The molecule has 0 radical (unpaired) electrons. The average molecular weight is 415 g/mol. The summed E-state index contributed by atoms with van der Waals surface area (Å²) in [4.78, 5) is 15.5. The Balaban J connectivity index is 1.20. The fourth-order valence-corrected chi connectivity index (χ4v) is 4.70. The minimum absolute atomic E-state index is 0.000347. The maximum atomic E-state index is 12.8. The molecular weight excluding hydrogens is 384 g/mol. The Morgan fingerprint density at radius 3 is 2.61 bits per heavy atom. The second-order valence-electron chi connectivity index (χ2n) is 8.81. The molecule has 5 nitrogen and oxygen atoms in total. The van der Waals surface area contributed by atoms with Gasteiger partial charge in [0, 0.05) is 43.6 Å². The van der Waals surface area contributed by atoms with Gasteiger partial charge in [0.1, 0.15) is 0 Å². The van der Waals surface area contributed by atoms with Crippen molar-refractivity contribution in [3.63, 3.8) is 0 Å². The van der Waals surface area contributed by atoms with Crippen LogP contribution in [-0.4, -0.2) is 39.7 Å². The molecule has 5 heteroatoms. The van der Waals surface area contributed by atoms with Crippen molar-refractivity contribution in [3.05, 3.63) is 88.7 Å². The van der Waals surface area contributed by atoms with Gasteiger partial charge in [0.25, 0.3) is 5.91 Å². The van der Waals surface area contributed by atoms with E-state index in [9.17, 15) is 4.79 Å². The van der Waals surface area contributed by atoms with Gasteiger partial charge >= 0.3 is 0 Å². The summed E-state index contributed by atoms with van der Waals surface area (Å²) < 4.78 is 1.90. The molecule has 2 aromatic carbocycles. The van der Waals surface area contributed by atoms with E-state index in [4.69, 9.17) is 0 Å². The van der Waals surface area contributed by atoms with E-state index in [1.54, 1.807) is 6.20 Å². The summed E-state index contributed by atoms with van der Waals surface area (Å²) in [5.41, 5.74) is 5.80. The molecule has 0 saturated heterocycles. The Kier molecular flexibility index (Phi) is 5.85. The zero-order valence-electron chi connectivity index (χ0n) is 18.0. The summed E-state index contributed by atoms with van der Waals surface area (Å²) >= 11 is 0. The molecular formula is C26H30N4O. The number of amides is 1. The minimum atomic E-state index is 0.000347. The van der Waals surface area contributed by atoms with E-state index in [1.807, 2.05) is 29.1 Å². The lowest BCUT2D eigenvalue weighted by Crippen LogP contribution is -2.41. The topological polar surface area (TPSA) is 50.2 Å². The molecule has 0 unspecified atom stereocenters. The number of hydrogen-bond acceptors (Lipinski definition) is 3. The highest BCUT2D eigenvalue weighted by Crippen LogP contribution is 2.27. The lowest BCUT2D eigenvalue weighted by atomic mass is 9.91. The number of aromatic nitrogens is 2. The lowest BCUT2D eigenvalue weighted by Gasteiger charge is -2.36. The maximum absolute atomic E-state index is 12.8. The molecule has 3 aromatic rings. The van der Waals surface area contributed by atoms with E-state index in [1.165, 1.54) is 36.0 Å². The van der Waals surface area contributed by atoms with E-state index in [-0.39, 0.29) is 5.91 Å². The van der Waals surface area contributed by atoms with Crippen LogP contribution in [0.15, 0.2) is 60.9 Å². The van der Waals surface area contributed by atoms with Crippen molar-refractivity contribution in [3.8, 4) is 0 Å². The second-order valence-corrected chi connectivity index (χ2v) is 8.81. The molecule has 0 atom stereocenters. The van der Waals surface area contributed by atoms with Gasteiger partial charge in [-0.3, -0.25) is 14.4 Å². The summed E-state index contributed by atoms with van der Waals surface area (Å²) in [5.74, 6) is 0.000347. The fourth-order valence-electron chi connectivity index (χ4n) is 4.70. The third-order valence-corrected chi connectivity index (χ3v) is 6.74. The van der Waals surface area contributed by atoms with Gasteiger partial charge in [-0.1, -0.05) is 36.8 Å². The van der Waals surface area contributed by atoms with Crippen LogP contribution in [0, 0.1) is 0 Å². The Morgan fingerprint density at radius 1 is 1.00 bits per heavy atom. The number of benzene rings is 2. The number of rotatable bonds is 6. The molecule has 5 rings (SSSR count). The highest BCUT2D eigenvalue weighted by atomic mass is 16.1. The Bertz CT molecular complexity index is 1040. The van der Waals surface area contributed by atoms with Crippen molar-refractivity contribution in [2.45, 2.75) is 51.2 Å². The van der Waals surface area contributed by atoms with Crippen LogP contribution >= 0.6 is 0 Å². The molecule has 2 aliphatic rings. The van der Waals surface area contributed by atoms with E-state index >= 15 is 0 Å². The molecule has 1 amide bonds. The number of fused-ring (bicyclic) bond motifs is 1. The van der Waals surface area contributed by atoms with Crippen molar-refractivity contribution < 1.29 is 4.79 Å². The normalized spacial score (nSPS) is 16.9. The molecule has 31 heavy (non-hydrogen) atoms. The number of hydrogen-bond donors (Lipinski definition) is 1. The van der Waals surface area contributed by atoms with Crippen molar-refractivity contribution in [1.82, 2.24) is 20.0 Å². The van der Waals surface area contributed by atoms with Crippen molar-refractivity contribution in [2.24, 2.45) is 0 Å². The smallest absolute Gasteiger partial charge is 0.251 e. The number of nitrogens with zero attached hydrogens (tertiary/aromatic N) is 3. The Hall–Kier alpha value is -2.92. The SMILES string of the molecule is O=C(NCc1cccc(Cn2cccn2)c1)c1ccc2c(c1)CCN(C1CCC1)CC2. The van der Waals surface area contributed by atoms with Gasteiger partial charge in [0.15, 0.2) is 0 Å². The van der Waals surface area contributed by atoms with Crippen LogP contribution < -0.4 is 5.32 Å². The van der Waals surface area contributed by atoms with Crippen LogP contribution in [0.2, 0.25) is 0 Å². The highest BCUT2D eigenvalue weighted by Gasteiger charge is 2.26. The zero-order chi connectivity index (χ0) is 21.0. The Labute approximate surface area is 184 Å². The Morgan fingerprint density at radius 2 is 1.84 bits per heavy atom. The van der Waals surface area contributed by atoms with E-state index in [0.717, 1.165) is 49.6 Å². The molecule has 1 aromatic heterocycles. The van der Waals surface area contributed by atoms with Crippen LogP contribution in [0.25, 0.3) is 0 Å². The molecule has 1 saturated carbocycles. The third-order valence-electron chi connectivity index (χ3n) is 6.74. The molecule has 1 N–H and O–H groups in total. The van der Waals surface area contributed by atoms with Gasteiger partial charge in [0.2, 0.25) is 0 Å². The average Bonchev–Trinajstić information content (AvgIpc) is 3.17. The molecule has 0 spiro atoms. The molecule has 2 heterocycles. The first-order chi connectivity index (χ1) is 15.2. The van der Waals surface area contributed by atoms with E-state index < -0.39 is 0 Å². The first kappa shape index (κ1) is 20.0. The standard InChI is InChI=1S/C26H30N4O/c31-26(27-18-20-4-1-5-21(16-20)19-30-13-3-12-28-30)24-9-8-22-10-14-29(25-6-2-7-25)15-11-23(22)17-24/h1,3-5,8-9,12-13,16-17,25H,2,6-7,10-11,14-15,18-19H2,(H,27,31). The fraction of sp³-hybridized carbons (Fsp3) is 0.385. The molecule has 1 fully saturated rings. The summed E-state index contributed by atoms with van der Waals surface area (Å²) in [7, 11) is 0. The van der Waals surface area contributed by atoms with Crippen LogP contribution in [0.3, 0.4) is 0 Å². The third kappa shape index (κ3) is 4.72. The predicted octanol–water partition coefficient (Wildman–Crippen LogP) is 3.81. The van der Waals surface area contributed by atoms with Gasteiger partial charge in [0.05, 0.1) is 6.54 Å². The number of carbonyl (C=O) groups is 1. The van der Waals surface area contributed by atoms with Gasteiger partial charge in [-0.15, -0.1) is 0 Å². The first-order valence-electron chi connectivity index (χ1n) is 11.4. The summed E-state index contributed by atoms with van der Waals surface area (Å²) in [6, 6.07) is 17.3. The summed E-state index contributed by atoms with van der Waals surface area (Å²) in [6.07, 6.45) is 9.97. The minimum Gasteiger partial charge on any atom is -0.348 e. The largest absolute Gasteiger partial charge is 0.348 e. The first-order valence-corrected chi connectivity index (χ1v) is 11.4. The van der Waals surface area contributed by atoms with Crippen LogP contribution in [0.1, 0.15) is 51.9 Å². The number of nitrogens with one attached hydrogen (secondary N) is 1. The van der Waals surface area contributed by atoms with Crippen LogP contribution in [0.4, 0.5) is 0 Å². The molecule has 0 bridgehead atoms. The maximum Gasteiger partial charge on any atom is 0.251 e. The quantitative estimate of drug-likeness (QED) is 0.667. The van der Waals surface area contributed by atoms with Crippen molar-refractivity contribution >= 4 is 5.91 Å². The van der Waals surface area contributed by atoms with Gasteiger partial charge in [-0.2, -0.15) is 5.10 Å². The lowest BCUT2D eigenvalue weighted by molar-refractivity contribution is 0.0950. The van der Waals surface area contributed by atoms with E-state index in [0.29, 0.717) is 6.54 Å². The van der Waals surface area contributed by atoms with E-state index in [2.05, 4.69) is 45.6 Å². The van der Waals surface area contributed by atoms with Crippen LogP contribution in [0.5, 0.6) is 0 Å². The second kappa shape index (κ2) is 9.06. The van der Waals surface area contributed by atoms with Gasteiger partial charge in [-0.25, -0.2) is 0 Å². The van der Waals surface area contributed by atoms with Crippen LogP contribution in [-0.2, 0) is 25.9 Å². The van der Waals surface area contributed by atoms with Crippen molar-refractivity contribution in [2.75, 3.05) is 13.1 Å². The highest BCUT2D eigenvalue weighted by molar-refractivity contribution is 5.94. The monoisotopic (exact) mass is 414 g/mol.